The number of aromatic nitrogens is 1. The zero-order valence-electron chi connectivity index (χ0n) is 42.1. The average Bonchev–Trinajstić information content (AvgIpc) is 3.91. The van der Waals surface area contributed by atoms with E-state index in [0.29, 0.717) is 38.9 Å². The number of hydrogen-bond donors (Lipinski definition) is 2. The lowest BCUT2D eigenvalue weighted by Gasteiger charge is -2.38. The Kier molecular flexibility index (Phi) is 14.2. The van der Waals surface area contributed by atoms with Gasteiger partial charge in [0.05, 0.1) is 11.6 Å². The first-order chi connectivity index (χ1) is 35.1. The highest BCUT2D eigenvalue weighted by molar-refractivity contribution is 6.04. The summed E-state index contributed by atoms with van der Waals surface area (Å²) in [6, 6.07) is 57.2. The molecule has 0 fully saturated rings. The van der Waals surface area contributed by atoms with Gasteiger partial charge < -0.3 is 24.8 Å². The Morgan fingerprint density at radius 2 is 1.05 bits per heavy atom. The van der Waals surface area contributed by atoms with E-state index < -0.39 is 46.8 Å². The fourth-order valence-corrected chi connectivity index (χ4v) is 10.1. The number of para-hydroxylation sites is 1. The first-order valence-electron chi connectivity index (χ1n) is 24.8. The quantitative estimate of drug-likeness (QED) is 0.0980. The van der Waals surface area contributed by atoms with E-state index in [0.717, 1.165) is 27.8 Å². The van der Waals surface area contributed by atoms with Crippen molar-refractivity contribution in [2.24, 2.45) is 0 Å². The van der Waals surface area contributed by atoms with Crippen LogP contribution >= 0.6 is 0 Å². The van der Waals surface area contributed by atoms with Gasteiger partial charge in [-0.3, -0.25) is 14.2 Å². The van der Waals surface area contributed by atoms with Crippen LogP contribution < -0.4 is 15.4 Å². The van der Waals surface area contributed by atoms with Gasteiger partial charge in [-0.15, -0.1) is 0 Å². The van der Waals surface area contributed by atoms with E-state index >= 15 is 9.59 Å². The Labute approximate surface area is 427 Å². The van der Waals surface area contributed by atoms with Crippen molar-refractivity contribution in [3.63, 3.8) is 0 Å². The molecule has 0 spiro atoms. The predicted molar refractivity (Wildman–Crippen MR) is 286 cm³/mol. The van der Waals surface area contributed by atoms with E-state index in [9.17, 15) is 9.59 Å². The lowest BCUT2D eigenvalue weighted by Crippen LogP contribution is -2.57. The van der Waals surface area contributed by atoms with E-state index in [1.165, 1.54) is 4.57 Å². The molecule has 1 aromatic heterocycles. The zero-order valence-corrected chi connectivity index (χ0v) is 42.1. The molecular formula is C63H61N3O7. The predicted octanol–water partition coefficient (Wildman–Crippen LogP) is 12.4. The van der Waals surface area contributed by atoms with Crippen LogP contribution in [0.4, 0.5) is 9.59 Å². The monoisotopic (exact) mass is 971 g/mol. The first kappa shape index (κ1) is 49.7. The Bertz CT molecular complexity index is 3100. The molecule has 0 unspecified atom stereocenters. The molecule has 10 nitrogen and oxygen atoms in total. The summed E-state index contributed by atoms with van der Waals surface area (Å²) in [6.07, 6.45) is 0.330. The number of carbonyl (C=O) groups excluding carboxylic acids is 4. The van der Waals surface area contributed by atoms with Gasteiger partial charge in [0, 0.05) is 30.3 Å². The third-order valence-corrected chi connectivity index (χ3v) is 13.2. The van der Waals surface area contributed by atoms with Crippen LogP contribution in [0.25, 0.3) is 22.0 Å². The van der Waals surface area contributed by atoms with Crippen molar-refractivity contribution in [1.29, 1.82) is 0 Å². The summed E-state index contributed by atoms with van der Waals surface area (Å²) in [4.78, 5) is 60.1. The summed E-state index contributed by atoms with van der Waals surface area (Å²) < 4.78 is 19.5. The van der Waals surface area contributed by atoms with E-state index in [1.807, 2.05) is 197 Å². The molecule has 1 aliphatic carbocycles. The molecule has 1 aliphatic rings. The van der Waals surface area contributed by atoms with Gasteiger partial charge in [-0.25, -0.2) is 9.59 Å². The van der Waals surface area contributed by atoms with Crippen LogP contribution in [0.15, 0.2) is 194 Å². The molecule has 0 aliphatic heterocycles. The number of alkyl carbamates (subject to hydrolysis) is 1. The molecule has 10 heteroatoms. The maximum Gasteiger partial charge on any atom is 0.419 e. The van der Waals surface area contributed by atoms with Crippen LogP contribution in [-0.4, -0.2) is 58.3 Å². The van der Waals surface area contributed by atoms with Crippen LogP contribution in [-0.2, 0) is 37.3 Å². The molecule has 0 radical (unpaired) electrons. The van der Waals surface area contributed by atoms with Crippen molar-refractivity contribution in [3.8, 4) is 16.9 Å². The first-order valence-corrected chi connectivity index (χ1v) is 24.8. The van der Waals surface area contributed by atoms with E-state index in [-0.39, 0.29) is 31.1 Å². The number of ketones is 1. The Hall–Kier alpha value is -8.24. The van der Waals surface area contributed by atoms with Gasteiger partial charge in [-0.05, 0) is 110 Å². The second-order valence-corrected chi connectivity index (χ2v) is 20.6. The van der Waals surface area contributed by atoms with Gasteiger partial charge in [-0.2, -0.15) is 0 Å². The molecule has 370 valence electrons. The van der Waals surface area contributed by atoms with E-state index in [2.05, 4.69) is 22.8 Å². The summed E-state index contributed by atoms with van der Waals surface area (Å²) >= 11 is 0. The standard InChI is InChI=1S/C63H61N3O7/c1-61(2,3)72-47-36-34-42(35-37-47)38-55(65-59(69)71-41-53-51-31-18-16-29-49(51)50-30-17-19-32-52(50)53)58(68)64-54(39-43-40-66(60(70)73-62(4,5)6)56-33-21-20-28-48(43)56)57(67)63(44-22-10-7-11-23-44,45-24-12-8-13-25-45)46-26-14-9-15-27-46/h7-37,40,53-55H,38-39,41H2,1-6H3,(H,64,68)(H,65,69)/t54-,55-/m0/s1. The van der Waals surface area contributed by atoms with Crippen LogP contribution in [0.1, 0.15) is 86.4 Å². The second-order valence-electron chi connectivity index (χ2n) is 20.6. The minimum absolute atomic E-state index is 0.0314. The lowest BCUT2D eigenvalue weighted by molar-refractivity contribution is -0.130. The number of nitrogens with one attached hydrogen (secondary N) is 2. The summed E-state index contributed by atoms with van der Waals surface area (Å²) in [7, 11) is 0. The topological polar surface area (TPSA) is 125 Å². The van der Waals surface area contributed by atoms with Gasteiger partial charge in [0.15, 0.2) is 5.78 Å². The van der Waals surface area contributed by atoms with Gasteiger partial charge in [0.25, 0.3) is 0 Å². The number of hydrogen-bond acceptors (Lipinski definition) is 7. The van der Waals surface area contributed by atoms with Crippen molar-refractivity contribution in [2.75, 3.05) is 6.61 Å². The van der Waals surface area contributed by atoms with Gasteiger partial charge >= 0.3 is 12.2 Å². The number of Topliss-reactive ketones (excluding diaryl/α,β-unsaturated/α-hetero) is 1. The Morgan fingerprint density at radius 1 is 0.548 bits per heavy atom. The lowest BCUT2D eigenvalue weighted by atomic mass is 9.64. The largest absolute Gasteiger partial charge is 0.488 e. The summed E-state index contributed by atoms with van der Waals surface area (Å²) in [5.41, 5.74) is 5.62. The van der Waals surface area contributed by atoms with E-state index in [1.54, 1.807) is 27.0 Å². The third kappa shape index (κ3) is 10.8. The molecule has 7 aromatic carbocycles. The van der Waals surface area contributed by atoms with Crippen molar-refractivity contribution < 1.29 is 33.4 Å². The molecule has 8 aromatic rings. The van der Waals surface area contributed by atoms with Gasteiger partial charge in [0.2, 0.25) is 5.91 Å². The highest BCUT2D eigenvalue weighted by atomic mass is 16.6. The number of rotatable bonds is 15. The summed E-state index contributed by atoms with van der Waals surface area (Å²) in [5.74, 6) is -0.507. The Balaban J connectivity index is 1.12. The fourth-order valence-electron chi connectivity index (χ4n) is 10.1. The fraction of sp³-hybridized carbons (Fsp3) is 0.238. The SMILES string of the molecule is CC(C)(C)OC(=O)n1cc(C[C@H](NC(=O)[C@H](Cc2ccc(OC(C)(C)C)cc2)NC(=O)OCC2c3ccccc3-c3ccccc32)C(=O)C(c2ccccc2)(c2ccccc2)c2ccccc2)c2ccccc21. The molecule has 0 saturated carbocycles. The zero-order chi connectivity index (χ0) is 51.3. The summed E-state index contributed by atoms with van der Waals surface area (Å²) in [5, 5.41) is 6.83. The van der Waals surface area contributed by atoms with Crippen molar-refractivity contribution in [2.45, 2.75) is 89.0 Å². The molecule has 0 bridgehead atoms. The highest BCUT2D eigenvalue weighted by Crippen LogP contribution is 2.45. The van der Waals surface area contributed by atoms with Crippen LogP contribution in [0.3, 0.4) is 0 Å². The number of ether oxygens (including phenoxy) is 3. The normalized spacial score (nSPS) is 13.3. The average molecular weight is 972 g/mol. The highest BCUT2D eigenvalue weighted by Gasteiger charge is 2.47. The number of nitrogens with zero attached hydrogens (tertiary/aromatic N) is 1. The van der Waals surface area contributed by atoms with E-state index in [4.69, 9.17) is 14.2 Å². The van der Waals surface area contributed by atoms with Crippen LogP contribution in [0.5, 0.6) is 5.75 Å². The molecule has 73 heavy (non-hydrogen) atoms. The van der Waals surface area contributed by atoms with Gasteiger partial charge in [-0.1, -0.05) is 170 Å². The van der Waals surface area contributed by atoms with Crippen molar-refractivity contribution >= 4 is 34.8 Å². The number of amides is 2. The van der Waals surface area contributed by atoms with Crippen molar-refractivity contribution in [3.05, 3.63) is 233 Å². The summed E-state index contributed by atoms with van der Waals surface area (Å²) in [6.45, 7) is 11.3. The third-order valence-electron chi connectivity index (χ3n) is 13.2. The van der Waals surface area contributed by atoms with Crippen LogP contribution in [0, 0.1) is 0 Å². The molecule has 0 saturated heterocycles. The number of carbonyl (C=O) groups is 4. The number of benzene rings is 7. The van der Waals surface area contributed by atoms with Crippen LogP contribution in [0.2, 0.25) is 0 Å². The second kappa shape index (κ2) is 20.8. The minimum Gasteiger partial charge on any atom is -0.488 e. The van der Waals surface area contributed by atoms with Gasteiger partial charge in [0.1, 0.15) is 35.0 Å². The molecule has 1 heterocycles. The number of fused-ring (bicyclic) bond motifs is 4. The van der Waals surface area contributed by atoms with Crippen molar-refractivity contribution in [1.82, 2.24) is 15.2 Å². The maximum atomic E-state index is 16.5. The maximum absolute atomic E-state index is 16.5. The molecular weight excluding hydrogens is 911 g/mol. The minimum atomic E-state index is -1.45. The molecule has 9 rings (SSSR count). The molecule has 2 N–H and O–H groups in total. The Morgan fingerprint density at radius 3 is 1.59 bits per heavy atom. The molecule has 2 atom stereocenters. The molecule has 2 amide bonds. The smallest absolute Gasteiger partial charge is 0.419 e.